The highest BCUT2D eigenvalue weighted by atomic mass is 32.2. The van der Waals surface area contributed by atoms with Gasteiger partial charge in [0.15, 0.2) is 5.76 Å². The molecule has 1 aliphatic rings. The first-order valence-corrected chi connectivity index (χ1v) is 11.2. The fourth-order valence-electron chi connectivity index (χ4n) is 3.45. The normalized spacial score (nSPS) is 16.3. The molecule has 8 heteroatoms. The number of benzene rings is 3. The number of aryl methyl sites for hydroxylation is 1. The molecule has 1 heterocycles. The fourth-order valence-corrected chi connectivity index (χ4v) is 5.07. The first kappa shape index (κ1) is 21.3. The molecule has 162 valence electrons. The third kappa shape index (κ3) is 3.88. The van der Waals surface area contributed by atoms with Gasteiger partial charge in [0.05, 0.1) is 4.90 Å². The fraction of sp³-hybridized carbons (Fsp3) is 0.0833. The number of hydrogen-bond donors (Lipinski definition) is 2. The minimum absolute atomic E-state index is 0.0554. The zero-order valence-corrected chi connectivity index (χ0v) is 18.0. The number of hydrogen-bond acceptors (Lipinski definition) is 5. The van der Waals surface area contributed by atoms with Gasteiger partial charge in [-0.15, -0.1) is 0 Å². The number of ketones is 1. The van der Waals surface area contributed by atoms with Crippen molar-refractivity contribution in [2.75, 3.05) is 11.9 Å². The summed E-state index contributed by atoms with van der Waals surface area (Å²) in [4.78, 5) is 25.8. The monoisotopic (exact) mass is 448 g/mol. The molecule has 1 amide bonds. The number of fused-ring (bicyclic) bond motifs is 1. The summed E-state index contributed by atoms with van der Waals surface area (Å²) in [5, 5.41) is 13.5. The van der Waals surface area contributed by atoms with Crippen LogP contribution in [0.25, 0.3) is 5.76 Å². The third-order valence-corrected chi connectivity index (χ3v) is 6.86. The molecule has 0 saturated heterocycles. The van der Waals surface area contributed by atoms with Crippen LogP contribution in [0, 0.1) is 6.92 Å². The number of anilines is 1. The standard InChI is InChI=1S/C24H20N2O5S/c1-16-11-13-18(14-12-16)25-21(27)15-26-22(23(28)17-7-3-2-4-8-17)24(29)19-9-5-6-10-20(19)32(26,30)31/h2-14,28H,15H2,1H3,(H,25,27)/b23-22+. The average Bonchev–Trinajstić information content (AvgIpc) is 2.79. The molecule has 7 nitrogen and oxygen atoms in total. The molecule has 0 fully saturated rings. The van der Waals surface area contributed by atoms with Crippen LogP contribution in [0.1, 0.15) is 21.5 Å². The molecule has 0 spiro atoms. The second-order valence-electron chi connectivity index (χ2n) is 7.31. The van der Waals surface area contributed by atoms with Crippen LogP contribution in [-0.4, -0.2) is 36.1 Å². The number of allylic oxidation sites excluding steroid dienone is 1. The average molecular weight is 449 g/mol. The van der Waals surface area contributed by atoms with Gasteiger partial charge >= 0.3 is 0 Å². The summed E-state index contributed by atoms with van der Waals surface area (Å²) in [7, 11) is -4.28. The number of carbonyl (C=O) groups is 2. The zero-order chi connectivity index (χ0) is 22.9. The first-order valence-electron chi connectivity index (χ1n) is 9.80. The van der Waals surface area contributed by atoms with Gasteiger partial charge in [-0.3, -0.25) is 9.59 Å². The van der Waals surface area contributed by atoms with Gasteiger partial charge in [0, 0.05) is 16.8 Å². The van der Waals surface area contributed by atoms with Gasteiger partial charge in [0.25, 0.3) is 10.0 Å². The molecule has 0 bridgehead atoms. The van der Waals surface area contributed by atoms with Crippen LogP contribution in [0.2, 0.25) is 0 Å². The lowest BCUT2D eigenvalue weighted by atomic mass is 10.0. The summed E-state index contributed by atoms with van der Waals surface area (Å²) in [6.07, 6.45) is 0. The van der Waals surface area contributed by atoms with Gasteiger partial charge in [-0.1, -0.05) is 60.2 Å². The van der Waals surface area contributed by atoms with Crippen molar-refractivity contribution in [3.8, 4) is 0 Å². The molecule has 0 radical (unpaired) electrons. The SMILES string of the molecule is Cc1ccc(NC(=O)CN2/C(=C(/O)c3ccccc3)C(=O)c3ccccc3S2(=O)=O)cc1. The summed E-state index contributed by atoms with van der Waals surface area (Å²) in [5.41, 5.74) is 1.23. The van der Waals surface area contributed by atoms with E-state index < -0.39 is 39.7 Å². The number of nitrogens with zero attached hydrogens (tertiary/aromatic N) is 1. The quantitative estimate of drug-likeness (QED) is 0.467. The second-order valence-corrected chi connectivity index (χ2v) is 9.15. The molecule has 3 aromatic carbocycles. The number of carbonyl (C=O) groups excluding carboxylic acids is 2. The lowest BCUT2D eigenvalue weighted by Gasteiger charge is -2.31. The van der Waals surface area contributed by atoms with Crippen LogP contribution in [-0.2, 0) is 14.8 Å². The summed E-state index contributed by atoms with van der Waals surface area (Å²) in [6.45, 7) is 1.22. The Hall–Kier alpha value is -3.91. The van der Waals surface area contributed by atoms with Gasteiger partial charge in [0.1, 0.15) is 12.2 Å². The molecule has 0 aromatic heterocycles. The summed E-state index contributed by atoms with van der Waals surface area (Å²) in [6, 6.07) is 20.9. The van der Waals surface area contributed by atoms with Crippen LogP contribution in [0.5, 0.6) is 0 Å². The van der Waals surface area contributed by atoms with Gasteiger partial charge in [-0.25, -0.2) is 12.7 Å². The highest BCUT2D eigenvalue weighted by Crippen LogP contribution is 2.35. The Morgan fingerprint density at radius 3 is 2.25 bits per heavy atom. The van der Waals surface area contributed by atoms with E-state index >= 15 is 0 Å². The smallest absolute Gasteiger partial charge is 0.265 e. The van der Waals surface area contributed by atoms with Crippen molar-refractivity contribution in [1.82, 2.24) is 4.31 Å². The molecule has 0 saturated carbocycles. The van der Waals surface area contributed by atoms with E-state index in [1.165, 1.54) is 18.2 Å². The Kier molecular flexibility index (Phi) is 5.54. The Labute approximate surface area is 185 Å². The van der Waals surface area contributed by atoms with Crippen molar-refractivity contribution in [3.05, 3.63) is 101 Å². The zero-order valence-electron chi connectivity index (χ0n) is 17.1. The molecule has 4 rings (SSSR count). The molecular weight excluding hydrogens is 428 g/mol. The van der Waals surface area contributed by atoms with Crippen molar-refractivity contribution >= 4 is 33.2 Å². The Morgan fingerprint density at radius 1 is 0.938 bits per heavy atom. The Morgan fingerprint density at radius 2 is 1.56 bits per heavy atom. The topological polar surface area (TPSA) is 104 Å². The molecule has 1 aliphatic heterocycles. The Bertz CT molecular complexity index is 1330. The summed E-state index contributed by atoms with van der Waals surface area (Å²) >= 11 is 0. The van der Waals surface area contributed by atoms with E-state index in [2.05, 4.69) is 5.32 Å². The van der Waals surface area contributed by atoms with E-state index in [0.717, 1.165) is 5.56 Å². The minimum Gasteiger partial charge on any atom is -0.505 e. The molecule has 3 aromatic rings. The number of amides is 1. The lowest BCUT2D eigenvalue weighted by molar-refractivity contribution is -0.116. The molecule has 0 aliphatic carbocycles. The Balaban J connectivity index is 1.80. The molecule has 32 heavy (non-hydrogen) atoms. The predicted molar refractivity (Wildman–Crippen MR) is 120 cm³/mol. The van der Waals surface area contributed by atoms with E-state index in [9.17, 15) is 23.1 Å². The van der Waals surface area contributed by atoms with Crippen LogP contribution in [0.3, 0.4) is 0 Å². The predicted octanol–water partition coefficient (Wildman–Crippen LogP) is 3.75. The van der Waals surface area contributed by atoms with Gasteiger partial charge in [-0.05, 0) is 31.2 Å². The largest absolute Gasteiger partial charge is 0.505 e. The third-order valence-electron chi connectivity index (χ3n) is 5.06. The van der Waals surface area contributed by atoms with Crippen molar-refractivity contribution in [2.45, 2.75) is 11.8 Å². The number of aliphatic hydroxyl groups is 1. The van der Waals surface area contributed by atoms with E-state index in [1.807, 2.05) is 6.92 Å². The molecule has 2 N–H and O–H groups in total. The van der Waals surface area contributed by atoms with Crippen LogP contribution in [0.4, 0.5) is 5.69 Å². The second kappa shape index (κ2) is 8.32. The van der Waals surface area contributed by atoms with E-state index in [0.29, 0.717) is 9.99 Å². The van der Waals surface area contributed by atoms with E-state index in [4.69, 9.17) is 0 Å². The van der Waals surface area contributed by atoms with E-state index in [1.54, 1.807) is 60.7 Å². The van der Waals surface area contributed by atoms with Crippen molar-refractivity contribution < 1.29 is 23.1 Å². The van der Waals surface area contributed by atoms with Crippen molar-refractivity contribution in [3.63, 3.8) is 0 Å². The van der Waals surface area contributed by atoms with Crippen molar-refractivity contribution in [2.24, 2.45) is 0 Å². The number of Topliss-reactive ketones (excluding diaryl/α,β-unsaturated/α-hetero) is 1. The van der Waals surface area contributed by atoms with Gasteiger partial charge < -0.3 is 10.4 Å². The minimum atomic E-state index is -4.28. The van der Waals surface area contributed by atoms with E-state index in [-0.39, 0.29) is 16.0 Å². The highest BCUT2D eigenvalue weighted by Gasteiger charge is 2.42. The lowest BCUT2D eigenvalue weighted by Crippen LogP contribution is -2.43. The summed E-state index contributed by atoms with van der Waals surface area (Å²) < 4.78 is 27.4. The number of rotatable bonds is 4. The number of aliphatic hydroxyl groups excluding tert-OH is 1. The molecule has 0 atom stereocenters. The van der Waals surface area contributed by atoms with Crippen LogP contribution >= 0.6 is 0 Å². The maximum atomic E-state index is 13.4. The maximum Gasteiger partial charge on any atom is 0.265 e. The first-order chi connectivity index (χ1) is 15.3. The highest BCUT2D eigenvalue weighted by molar-refractivity contribution is 7.89. The maximum absolute atomic E-state index is 13.4. The van der Waals surface area contributed by atoms with Gasteiger partial charge in [0.2, 0.25) is 11.7 Å². The van der Waals surface area contributed by atoms with Crippen molar-refractivity contribution in [1.29, 1.82) is 0 Å². The summed E-state index contributed by atoms with van der Waals surface area (Å²) in [5.74, 6) is -1.85. The van der Waals surface area contributed by atoms with Gasteiger partial charge in [-0.2, -0.15) is 0 Å². The number of nitrogens with one attached hydrogen (secondary N) is 1. The van der Waals surface area contributed by atoms with Crippen LogP contribution < -0.4 is 5.32 Å². The van der Waals surface area contributed by atoms with Crippen LogP contribution in [0.15, 0.2) is 89.5 Å². The molecular formula is C24H20N2O5S. The molecule has 0 unspecified atom stereocenters. The number of sulfonamides is 1.